The molecule has 6 heteroatoms. The van der Waals surface area contributed by atoms with Crippen LogP contribution in [0.5, 0.6) is 11.5 Å². The maximum atomic E-state index is 10.8. The Morgan fingerprint density at radius 1 is 1.50 bits per heavy atom. The zero-order valence-electron chi connectivity index (χ0n) is 10.5. The van der Waals surface area contributed by atoms with Crippen molar-refractivity contribution in [2.24, 2.45) is 0 Å². The molecule has 1 aliphatic heterocycles. The first-order valence-corrected chi connectivity index (χ1v) is 5.78. The molecular weight excluding hydrogens is 236 g/mol. The minimum absolute atomic E-state index is 0.0478. The largest absolute Gasteiger partial charge is 0.490 e. The van der Waals surface area contributed by atoms with E-state index in [1.807, 2.05) is 7.05 Å². The van der Waals surface area contributed by atoms with Crippen LogP contribution < -0.4 is 9.47 Å². The average molecular weight is 252 g/mol. The average Bonchev–Trinajstić information content (AvgIpc) is 2.74. The first kappa shape index (κ1) is 12.6. The summed E-state index contributed by atoms with van der Waals surface area (Å²) in [5, 5.41) is 10.8. The van der Waals surface area contributed by atoms with Crippen molar-refractivity contribution in [2.45, 2.75) is 12.5 Å². The van der Waals surface area contributed by atoms with Crippen LogP contribution in [0.25, 0.3) is 0 Å². The smallest absolute Gasteiger partial charge is 0.311 e. The second kappa shape index (κ2) is 5.22. The summed E-state index contributed by atoms with van der Waals surface area (Å²) in [7, 11) is 3.45. The number of rotatable bonds is 4. The molecule has 6 nitrogen and oxygen atoms in total. The van der Waals surface area contributed by atoms with Crippen molar-refractivity contribution in [3.05, 3.63) is 28.3 Å². The zero-order chi connectivity index (χ0) is 13.1. The molecule has 1 atom stereocenters. The van der Waals surface area contributed by atoms with Gasteiger partial charge in [-0.1, -0.05) is 0 Å². The van der Waals surface area contributed by atoms with Crippen molar-refractivity contribution in [3.63, 3.8) is 0 Å². The molecule has 98 valence electrons. The molecule has 0 bridgehead atoms. The molecule has 0 aliphatic carbocycles. The summed E-state index contributed by atoms with van der Waals surface area (Å²) in [5.74, 6) is 0.835. The van der Waals surface area contributed by atoms with Gasteiger partial charge in [0.05, 0.1) is 12.0 Å². The number of likely N-dealkylation sites (N-methyl/N-ethyl adjacent to an activating group) is 1. The highest BCUT2D eigenvalue weighted by molar-refractivity contribution is 5.50. The van der Waals surface area contributed by atoms with Crippen LogP contribution in [0.1, 0.15) is 6.42 Å². The molecule has 2 rings (SSSR count). The van der Waals surface area contributed by atoms with Crippen LogP contribution >= 0.6 is 0 Å². The van der Waals surface area contributed by atoms with Crippen molar-refractivity contribution in [1.29, 1.82) is 0 Å². The van der Waals surface area contributed by atoms with E-state index in [0.717, 1.165) is 19.5 Å². The lowest BCUT2D eigenvalue weighted by Gasteiger charge is -2.14. The molecular formula is C12H16N2O4. The SMILES string of the molecule is COc1cc(O[C@H]2CCN(C)C2)ccc1[N+](=O)[O-]. The van der Waals surface area contributed by atoms with Gasteiger partial charge in [0.25, 0.3) is 0 Å². The number of hydrogen-bond acceptors (Lipinski definition) is 5. The first-order valence-electron chi connectivity index (χ1n) is 5.78. The molecule has 0 radical (unpaired) electrons. The van der Waals surface area contributed by atoms with Gasteiger partial charge in [0.1, 0.15) is 11.9 Å². The lowest BCUT2D eigenvalue weighted by Crippen LogP contribution is -2.21. The molecule has 0 saturated carbocycles. The summed E-state index contributed by atoms with van der Waals surface area (Å²) in [4.78, 5) is 12.5. The van der Waals surface area contributed by atoms with E-state index in [1.54, 1.807) is 12.1 Å². The Labute approximate surface area is 105 Å². The van der Waals surface area contributed by atoms with E-state index in [1.165, 1.54) is 13.2 Å². The summed E-state index contributed by atoms with van der Waals surface area (Å²) < 4.78 is 10.8. The Balaban J connectivity index is 2.12. The maximum absolute atomic E-state index is 10.8. The van der Waals surface area contributed by atoms with E-state index in [4.69, 9.17) is 9.47 Å². The molecule has 0 spiro atoms. The van der Waals surface area contributed by atoms with Crippen molar-refractivity contribution >= 4 is 5.69 Å². The molecule has 18 heavy (non-hydrogen) atoms. The van der Waals surface area contributed by atoms with Crippen molar-refractivity contribution in [1.82, 2.24) is 4.90 Å². The maximum Gasteiger partial charge on any atom is 0.311 e. The fourth-order valence-corrected chi connectivity index (χ4v) is 2.07. The molecule has 0 unspecified atom stereocenters. The van der Waals surface area contributed by atoms with Crippen molar-refractivity contribution < 1.29 is 14.4 Å². The lowest BCUT2D eigenvalue weighted by atomic mass is 10.2. The summed E-state index contributed by atoms with van der Waals surface area (Å²) in [6.07, 6.45) is 1.11. The van der Waals surface area contributed by atoms with Gasteiger partial charge < -0.3 is 14.4 Å². The Morgan fingerprint density at radius 2 is 2.28 bits per heavy atom. The summed E-state index contributed by atoms with van der Waals surface area (Å²) >= 11 is 0. The summed E-state index contributed by atoms with van der Waals surface area (Å²) in [6.45, 7) is 1.88. The number of methoxy groups -OCH3 is 1. The molecule has 1 saturated heterocycles. The number of nitro groups is 1. The summed E-state index contributed by atoms with van der Waals surface area (Å²) in [6, 6.07) is 4.59. The second-order valence-corrected chi connectivity index (χ2v) is 4.38. The fourth-order valence-electron chi connectivity index (χ4n) is 2.07. The first-order chi connectivity index (χ1) is 8.60. The predicted octanol–water partition coefficient (Wildman–Crippen LogP) is 1.69. The van der Waals surface area contributed by atoms with Gasteiger partial charge in [-0.3, -0.25) is 10.1 Å². The van der Waals surface area contributed by atoms with Crippen LogP contribution in [0.4, 0.5) is 5.69 Å². The predicted molar refractivity (Wildman–Crippen MR) is 66.2 cm³/mol. The van der Waals surface area contributed by atoms with Gasteiger partial charge >= 0.3 is 5.69 Å². The third-order valence-electron chi connectivity index (χ3n) is 3.00. The van der Waals surface area contributed by atoms with Crippen LogP contribution in [-0.4, -0.2) is 43.2 Å². The molecule has 0 aromatic heterocycles. The van der Waals surface area contributed by atoms with Crippen molar-refractivity contribution in [2.75, 3.05) is 27.2 Å². The highest BCUT2D eigenvalue weighted by atomic mass is 16.6. The zero-order valence-corrected chi connectivity index (χ0v) is 10.5. The second-order valence-electron chi connectivity index (χ2n) is 4.38. The van der Waals surface area contributed by atoms with E-state index in [9.17, 15) is 10.1 Å². The van der Waals surface area contributed by atoms with Crippen LogP contribution in [0.2, 0.25) is 0 Å². The lowest BCUT2D eigenvalue weighted by molar-refractivity contribution is -0.385. The van der Waals surface area contributed by atoms with E-state index >= 15 is 0 Å². The van der Waals surface area contributed by atoms with Crippen LogP contribution in [-0.2, 0) is 0 Å². The van der Waals surface area contributed by atoms with Crippen LogP contribution in [0.3, 0.4) is 0 Å². The minimum atomic E-state index is -0.466. The molecule has 1 heterocycles. The molecule has 1 fully saturated rings. The quantitative estimate of drug-likeness (QED) is 0.602. The van der Waals surface area contributed by atoms with Crippen LogP contribution in [0, 0.1) is 10.1 Å². The van der Waals surface area contributed by atoms with E-state index < -0.39 is 4.92 Å². The minimum Gasteiger partial charge on any atom is -0.490 e. The van der Waals surface area contributed by atoms with Gasteiger partial charge in [0.2, 0.25) is 5.75 Å². The molecule has 1 aliphatic rings. The van der Waals surface area contributed by atoms with Crippen molar-refractivity contribution in [3.8, 4) is 11.5 Å². The van der Waals surface area contributed by atoms with Gasteiger partial charge in [-0.05, 0) is 19.5 Å². The molecule has 0 amide bonds. The molecule has 0 N–H and O–H groups in total. The van der Waals surface area contributed by atoms with E-state index in [2.05, 4.69) is 4.90 Å². The molecule has 1 aromatic rings. The number of hydrogen-bond donors (Lipinski definition) is 0. The number of nitrogens with zero attached hydrogens (tertiary/aromatic N) is 2. The number of likely N-dealkylation sites (tertiary alicyclic amines) is 1. The Kier molecular flexibility index (Phi) is 3.66. The monoisotopic (exact) mass is 252 g/mol. The van der Waals surface area contributed by atoms with Gasteiger partial charge in [0.15, 0.2) is 0 Å². The summed E-state index contributed by atoms with van der Waals surface area (Å²) in [5.41, 5.74) is -0.0478. The van der Waals surface area contributed by atoms with Gasteiger partial charge in [-0.2, -0.15) is 0 Å². The van der Waals surface area contributed by atoms with Gasteiger partial charge in [-0.25, -0.2) is 0 Å². The number of nitro benzene ring substituents is 1. The standard InChI is InChI=1S/C12H16N2O4/c1-13-6-5-10(8-13)18-9-3-4-11(14(15)16)12(7-9)17-2/h3-4,7,10H,5-6,8H2,1-2H3/t10-/m0/s1. The highest BCUT2D eigenvalue weighted by Crippen LogP contribution is 2.31. The Morgan fingerprint density at radius 3 is 2.83 bits per heavy atom. The van der Waals surface area contributed by atoms with E-state index in [-0.39, 0.29) is 17.5 Å². The van der Waals surface area contributed by atoms with Gasteiger partial charge in [-0.15, -0.1) is 0 Å². The number of ether oxygens (including phenoxy) is 2. The third kappa shape index (κ3) is 2.70. The molecule has 1 aromatic carbocycles. The topological polar surface area (TPSA) is 64.8 Å². The normalized spacial score (nSPS) is 19.8. The van der Waals surface area contributed by atoms with Gasteiger partial charge in [0, 0.05) is 25.2 Å². The van der Waals surface area contributed by atoms with E-state index in [0.29, 0.717) is 5.75 Å². The fraction of sp³-hybridized carbons (Fsp3) is 0.500. The highest BCUT2D eigenvalue weighted by Gasteiger charge is 2.22. The Hall–Kier alpha value is -1.82. The Bertz CT molecular complexity index is 450. The van der Waals surface area contributed by atoms with Crippen LogP contribution in [0.15, 0.2) is 18.2 Å². The number of benzene rings is 1. The third-order valence-corrected chi connectivity index (χ3v) is 3.00.